The lowest BCUT2D eigenvalue weighted by molar-refractivity contribution is -0.137. The average Bonchev–Trinajstić information content (AvgIpc) is 3.18. The summed E-state index contributed by atoms with van der Waals surface area (Å²) in [5.74, 6) is 0.248. The zero-order valence-electron chi connectivity index (χ0n) is 16.7. The van der Waals surface area contributed by atoms with Crippen LogP contribution in [-0.4, -0.2) is 51.7 Å². The number of nitrogen functional groups attached to an aromatic ring is 1. The van der Waals surface area contributed by atoms with E-state index in [9.17, 15) is 18.0 Å². The van der Waals surface area contributed by atoms with E-state index in [1.165, 1.54) is 16.9 Å². The molecule has 1 amide bonds. The van der Waals surface area contributed by atoms with Gasteiger partial charge in [-0.05, 0) is 36.8 Å². The monoisotopic (exact) mass is 434 g/mol. The second-order valence-electron chi connectivity index (χ2n) is 7.32. The van der Waals surface area contributed by atoms with Crippen LogP contribution in [0.2, 0.25) is 0 Å². The predicted molar refractivity (Wildman–Crippen MR) is 108 cm³/mol. The molecule has 8 nitrogen and oxygen atoms in total. The molecule has 0 aliphatic carbocycles. The first-order valence-corrected chi connectivity index (χ1v) is 9.67. The number of ether oxygens (including phenoxy) is 1. The largest absolute Gasteiger partial charge is 0.416 e. The molecule has 11 heteroatoms. The standard InChI is InChI=1S/C20H21F3N6O2/c1-12(13-6-15(20(21,22)23)9-16(24)7-13)27-18-17-8-14(10-29(17)26-11-25-18)19(30)28-2-4-31-5-3-28/h6-12H,2-5,24H2,1H3,(H,25,26,27)/t12-/m1/s1. The number of fused-ring (bicyclic) bond motifs is 1. The van der Waals surface area contributed by atoms with Crippen LogP contribution in [0.3, 0.4) is 0 Å². The highest BCUT2D eigenvalue weighted by molar-refractivity contribution is 5.96. The Morgan fingerprint density at radius 1 is 1.23 bits per heavy atom. The number of hydrogen-bond acceptors (Lipinski definition) is 6. The van der Waals surface area contributed by atoms with E-state index in [0.29, 0.717) is 48.8 Å². The number of nitrogens with zero attached hydrogens (tertiary/aromatic N) is 4. The SMILES string of the molecule is C[C@@H](Nc1ncnn2cc(C(=O)N3CCOCC3)cc12)c1cc(N)cc(C(F)(F)F)c1. The van der Waals surface area contributed by atoms with Gasteiger partial charge in [0.25, 0.3) is 5.91 Å². The van der Waals surface area contributed by atoms with Crippen molar-refractivity contribution in [1.29, 1.82) is 0 Å². The highest BCUT2D eigenvalue weighted by atomic mass is 19.4. The molecule has 3 N–H and O–H groups in total. The van der Waals surface area contributed by atoms with E-state index >= 15 is 0 Å². The molecule has 3 aromatic rings. The van der Waals surface area contributed by atoms with E-state index in [2.05, 4.69) is 15.4 Å². The summed E-state index contributed by atoms with van der Waals surface area (Å²) in [5, 5.41) is 7.23. The maximum atomic E-state index is 13.1. The minimum atomic E-state index is -4.50. The van der Waals surface area contributed by atoms with E-state index in [1.54, 1.807) is 24.1 Å². The number of halogens is 3. The maximum Gasteiger partial charge on any atom is 0.416 e. The van der Waals surface area contributed by atoms with Gasteiger partial charge in [0.05, 0.1) is 30.4 Å². The molecule has 0 unspecified atom stereocenters. The van der Waals surface area contributed by atoms with Crippen molar-refractivity contribution in [2.24, 2.45) is 0 Å². The highest BCUT2D eigenvalue weighted by Gasteiger charge is 2.31. The van der Waals surface area contributed by atoms with Gasteiger partial charge in [-0.3, -0.25) is 4.79 Å². The zero-order valence-corrected chi connectivity index (χ0v) is 16.7. The molecule has 4 rings (SSSR count). The topological polar surface area (TPSA) is 97.8 Å². The minimum absolute atomic E-state index is 0.0207. The lowest BCUT2D eigenvalue weighted by Crippen LogP contribution is -2.40. The van der Waals surface area contributed by atoms with Crippen LogP contribution in [0.1, 0.15) is 34.5 Å². The average molecular weight is 434 g/mol. The molecule has 1 fully saturated rings. The Hall–Kier alpha value is -3.34. The fraction of sp³-hybridized carbons (Fsp3) is 0.350. The number of alkyl halides is 3. The van der Waals surface area contributed by atoms with Crippen molar-refractivity contribution in [3.63, 3.8) is 0 Å². The van der Waals surface area contributed by atoms with Crippen molar-refractivity contribution in [1.82, 2.24) is 19.5 Å². The van der Waals surface area contributed by atoms with Crippen LogP contribution in [0.4, 0.5) is 24.7 Å². The Kier molecular flexibility index (Phi) is 5.44. The Labute approximate surface area is 175 Å². The van der Waals surface area contributed by atoms with E-state index < -0.39 is 17.8 Å². The summed E-state index contributed by atoms with van der Waals surface area (Å²) in [5.41, 5.74) is 6.22. The van der Waals surface area contributed by atoms with Gasteiger partial charge in [0, 0.05) is 25.0 Å². The second-order valence-corrected chi connectivity index (χ2v) is 7.32. The lowest BCUT2D eigenvalue weighted by atomic mass is 10.0. The first-order valence-electron chi connectivity index (χ1n) is 9.67. The Balaban J connectivity index is 1.61. The van der Waals surface area contributed by atoms with E-state index in [-0.39, 0.29) is 11.6 Å². The van der Waals surface area contributed by atoms with Crippen LogP contribution in [-0.2, 0) is 10.9 Å². The van der Waals surface area contributed by atoms with Crippen LogP contribution in [0.25, 0.3) is 5.52 Å². The van der Waals surface area contributed by atoms with Gasteiger partial charge in [-0.1, -0.05) is 0 Å². The van der Waals surface area contributed by atoms with Gasteiger partial charge >= 0.3 is 6.18 Å². The van der Waals surface area contributed by atoms with Gasteiger partial charge in [-0.25, -0.2) is 9.50 Å². The number of nitrogens with one attached hydrogen (secondary N) is 1. The number of aromatic nitrogens is 3. The van der Waals surface area contributed by atoms with Crippen LogP contribution in [0, 0.1) is 0 Å². The minimum Gasteiger partial charge on any atom is -0.399 e. The number of amides is 1. The second kappa shape index (κ2) is 8.06. The first kappa shape index (κ1) is 20.9. The Morgan fingerprint density at radius 3 is 2.68 bits per heavy atom. The fourth-order valence-electron chi connectivity index (χ4n) is 3.49. The van der Waals surface area contributed by atoms with Gasteiger partial charge in [0.2, 0.25) is 0 Å². The van der Waals surface area contributed by atoms with Crippen LogP contribution < -0.4 is 11.1 Å². The van der Waals surface area contributed by atoms with Gasteiger partial charge < -0.3 is 20.7 Å². The molecular weight excluding hydrogens is 413 g/mol. The van der Waals surface area contributed by atoms with Gasteiger partial charge in [0.15, 0.2) is 5.82 Å². The smallest absolute Gasteiger partial charge is 0.399 e. The molecule has 1 aromatic carbocycles. The summed E-state index contributed by atoms with van der Waals surface area (Å²) in [6.07, 6.45) is -1.58. The predicted octanol–water partition coefficient (Wildman–Crippen LogP) is 2.98. The number of anilines is 2. The summed E-state index contributed by atoms with van der Waals surface area (Å²) in [7, 11) is 0. The van der Waals surface area contributed by atoms with Crippen molar-refractivity contribution < 1.29 is 22.7 Å². The molecule has 2 aromatic heterocycles. The van der Waals surface area contributed by atoms with E-state index in [1.807, 2.05) is 0 Å². The third-order valence-corrected chi connectivity index (χ3v) is 5.11. The van der Waals surface area contributed by atoms with E-state index in [4.69, 9.17) is 10.5 Å². The third-order valence-electron chi connectivity index (χ3n) is 5.11. The number of carbonyl (C=O) groups is 1. The molecule has 1 aliphatic heterocycles. The maximum absolute atomic E-state index is 13.1. The van der Waals surface area contributed by atoms with Gasteiger partial charge in [0.1, 0.15) is 11.8 Å². The van der Waals surface area contributed by atoms with Crippen molar-refractivity contribution in [3.05, 3.63) is 53.5 Å². The number of rotatable bonds is 4. The number of morpholine rings is 1. The Morgan fingerprint density at radius 2 is 1.97 bits per heavy atom. The van der Waals surface area contributed by atoms with Crippen molar-refractivity contribution in [2.45, 2.75) is 19.1 Å². The summed E-state index contributed by atoms with van der Waals surface area (Å²) < 4.78 is 46.2. The molecule has 0 saturated carbocycles. The lowest BCUT2D eigenvalue weighted by Gasteiger charge is -2.26. The molecule has 31 heavy (non-hydrogen) atoms. The molecule has 1 atom stereocenters. The number of benzene rings is 1. The summed E-state index contributed by atoms with van der Waals surface area (Å²) in [4.78, 5) is 18.7. The van der Waals surface area contributed by atoms with E-state index in [0.717, 1.165) is 12.1 Å². The third kappa shape index (κ3) is 4.41. The molecular formula is C20H21F3N6O2. The summed E-state index contributed by atoms with van der Waals surface area (Å²) in [6, 6.07) is 4.56. The Bertz CT molecular complexity index is 1110. The molecule has 3 heterocycles. The van der Waals surface area contributed by atoms with Crippen LogP contribution >= 0.6 is 0 Å². The van der Waals surface area contributed by atoms with Gasteiger partial charge in [-0.2, -0.15) is 18.3 Å². The highest BCUT2D eigenvalue weighted by Crippen LogP contribution is 2.33. The summed E-state index contributed by atoms with van der Waals surface area (Å²) >= 11 is 0. The molecule has 1 aliphatic rings. The summed E-state index contributed by atoms with van der Waals surface area (Å²) in [6.45, 7) is 3.70. The molecule has 0 spiro atoms. The van der Waals surface area contributed by atoms with Crippen LogP contribution in [0.5, 0.6) is 0 Å². The van der Waals surface area contributed by atoms with Gasteiger partial charge in [-0.15, -0.1) is 0 Å². The number of carbonyl (C=O) groups excluding carboxylic acids is 1. The normalized spacial score (nSPS) is 15.8. The quantitative estimate of drug-likeness (QED) is 0.613. The number of nitrogens with two attached hydrogens (primary N) is 1. The fourth-order valence-corrected chi connectivity index (χ4v) is 3.49. The molecule has 0 radical (unpaired) electrons. The zero-order chi connectivity index (χ0) is 22.2. The molecule has 164 valence electrons. The molecule has 0 bridgehead atoms. The van der Waals surface area contributed by atoms with Crippen molar-refractivity contribution in [3.8, 4) is 0 Å². The first-order chi connectivity index (χ1) is 14.7. The van der Waals surface area contributed by atoms with Crippen molar-refractivity contribution >= 4 is 22.9 Å². The molecule has 1 saturated heterocycles. The van der Waals surface area contributed by atoms with Crippen LogP contribution in [0.15, 0.2) is 36.8 Å². The number of hydrogen-bond donors (Lipinski definition) is 2. The van der Waals surface area contributed by atoms with Crippen molar-refractivity contribution in [2.75, 3.05) is 37.4 Å².